The lowest BCUT2D eigenvalue weighted by Crippen LogP contribution is -2.28. The van der Waals surface area contributed by atoms with E-state index in [-0.39, 0.29) is 11.9 Å². The molecule has 25 heavy (non-hydrogen) atoms. The Morgan fingerprint density at radius 3 is 2.40 bits per heavy atom. The van der Waals surface area contributed by atoms with Crippen LogP contribution >= 0.6 is 0 Å². The van der Waals surface area contributed by atoms with E-state index in [1.165, 1.54) is 12.1 Å². The predicted octanol–water partition coefficient (Wildman–Crippen LogP) is 2.40. The molecule has 1 aliphatic heterocycles. The molecule has 3 rings (SSSR count). The van der Waals surface area contributed by atoms with Crippen LogP contribution in [0.3, 0.4) is 0 Å². The van der Waals surface area contributed by atoms with Crippen molar-refractivity contribution >= 4 is 0 Å². The molecule has 0 radical (unpaired) electrons. The summed E-state index contributed by atoms with van der Waals surface area (Å²) in [6.07, 6.45) is 0. The Labute approximate surface area is 147 Å². The lowest BCUT2D eigenvalue weighted by atomic mass is 9.95. The molecule has 2 aromatic carbocycles. The molecule has 0 saturated carbocycles. The third-order valence-corrected chi connectivity index (χ3v) is 4.47. The van der Waals surface area contributed by atoms with E-state index in [1.54, 1.807) is 14.2 Å². The first-order valence-electron chi connectivity index (χ1n) is 8.36. The minimum absolute atomic E-state index is 0.160. The van der Waals surface area contributed by atoms with Gasteiger partial charge in [-0.05, 0) is 35.4 Å². The zero-order chi connectivity index (χ0) is 17.6. The molecule has 1 fully saturated rings. The number of ether oxygens (including phenoxy) is 2. The van der Waals surface area contributed by atoms with E-state index in [0.29, 0.717) is 5.92 Å². The lowest BCUT2D eigenvalue weighted by Gasteiger charge is -2.19. The van der Waals surface area contributed by atoms with Crippen molar-refractivity contribution < 1.29 is 13.9 Å². The molecule has 2 aromatic rings. The number of nitrogens with one attached hydrogen (secondary N) is 3. The highest BCUT2D eigenvalue weighted by molar-refractivity contribution is 5.38. The predicted molar refractivity (Wildman–Crippen MR) is 95.0 cm³/mol. The second kappa shape index (κ2) is 8.29. The maximum atomic E-state index is 13.1. The molecule has 2 unspecified atom stereocenters. The Bertz CT molecular complexity index is 671. The lowest BCUT2D eigenvalue weighted by molar-refractivity contribution is 0.392. The Hall–Kier alpha value is -2.15. The van der Waals surface area contributed by atoms with Gasteiger partial charge in [-0.2, -0.15) is 0 Å². The van der Waals surface area contributed by atoms with E-state index in [1.807, 2.05) is 30.3 Å². The second-order valence-corrected chi connectivity index (χ2v) is 6.17. The van der Waals surface area contributed by atoms with Crippen LogP contribution < -0.4 is 25.6 Å². The van der Waals surface area contributed by atoms with Crippen LogP contribution in [0.15, 0.2) is 42.5 Å². The number of halogens is 1. The number of benzene rings is 2. The van der Waals surface area contributed by atoms with Gasteiger partial charge >= 0.3 is 0 Å². The molecule has 1 saturated heterocycles. The van der Waals surface area contributed by atoms with Crippen LogP contribution in [0, 0.1) is 11.7 Å². The van der Waals surface area contributed by atoms with Crippen LogP contribution in [0.25, 0.3) is 0 Å². The zero-order valence-corrected chi connectivity index (χ0v) is 14.5. The largest absolute Gasteiger partial charge is 0.497 e. The highest BCUT2D eigenvalue weighted by Gasteiger charge is 2.27. The summed E-state index contributed by atoms with van der Waals surface area (Å²) in [4.78, 5) is 0. The molecule has 1 heterocycles. The fraction of sp³-hybridized carbons (Fsp3) is 0.368. The Kier molecular flexibility index (Phi) is 5.86. The highest BCUT2D eigenvalue weighted by atomic mass is 19.1. The van der Waals surface area contributed by atoms with Crippen LogP contribution in [-0.2, 0) is 6.54 Å². The minimum Gasteiger partial charge on any atom is -0.497 e. The van der Waals surface area contributed by atoms with Crippen LogP contribution in [-0.4, -0.2) is 27.3 Å². The zero-order valence-electron chi connectivity index (χ0n) is 14.5. The Balaban J connectivity index is 1.58. The van der Waals surface area contributed by atoms with Crippen molar-refractivity contribution in [2.24, 2.45) is 5.92 Å². The molecule has 0 spiro atoms. The summed E-state index contributed by atoms with van der Waals surface area (Å²) >= 11 is 0. The molecule has 1 aliphatic rings. The molecule has 5 nitrogen and oxygen atoms in total. The summed E-state index contributed by atoms with van der Waals surface area (Å²) in [7, 11) is 3.30. The van der Waals surface area contributed by atoms with Crippen molar-refractivity contribution in [1.82, 2.24) is 16.2 Å². The van der Waals surface area contributed by atoms with E-state index in [2.05, 4.69) is 16.2 Å². The molecular weight excluding hydrogens is 321 g/mol. The number of hydrazine groups is 1. The van der Waals surface area contributed by atoms with Crippen molar-refractivity contribution in [2.75, 3.05) is 27.3 Å². The van der Waals surface area contributed by atoms with Gasteiger partial charge in [-0.25, -0.2) is 9.82 Å². The average molecular weight is 345 g/mol. The van der Waals surface area contributed by atoms with Crippen LogP contribution in [0.1, 0.15) is 17.2 Å². The Morgan fingerprint density at radius 1 is 1.08 bits per heavy atom. The van der Waals surface area contributed by atoms with Crippen molar-refractivity contribution in [2.45, 2.75) is 12.6 Å². The van der Waals surface area contributed by atoms with Gasteiger partial charge in [-0.1, -0.05) is 12.1 Å². The SMILES string of the molecule is COc1cc(CNCC2CNNC2c2ccc(F)cc2)cc(OC)c1. The fourth-order valence-electron chi connectivity index (χ4n) is 3.12. The van der Waals surface area contributed by atoms with Crippen molar-refractivity contribution in [3.8, 4) is 11.5 Å². The van der Waals surface area contributed by atoms with E-state index in [0.717, 1.165) is 42.3 Å². The minimum atomic E-state index is -0.212. The monoisotopic (exact) mass is 345 g/mol. The normalized spacial score (nSPS) is 19.8. The quantitative estimate of drug-likeness (QED) is 0.719. The second-order valence-electron chi connectivity index (χ2n) is 6.17. The van der Waals surface area contributed by atoms with E-state index in [9.17, 15) is 4.39 Å². The Morgan fingerprint density at radius 2 is 1.76 bits per heavy atom. The summed E-state index contributed by atoms with van der Waals surface area (Å²) in [5, 5.41) is 3.49. The molecule has 3 N–H and O–H groups in total. The fourth-order valence-corrected chi connectivity index (χ4v) is 3.12. The molecule has 6 heteroatoms. The summed E-state index contributed by atoms with van der Waals surface area (Å²) < 4.78 is 23.7. The van der Waals surface area contributed by atoms with Gasteiger partial charge in [0.05, 0.1) is 20.3 Å². The van der Waals surface area contributed by atoms with Crippen LogP contribution in [0.2, 0.25) is 0 Å². The number of rotatable bonds is 7. The van der Waals surface area contributed by atoms with Crippen molar-refractivity contribution in [3.63, 3.8) is 0 Å². The topological polar surface area (TPSA) is 54.5 Å². The van der Waals surface area contributed by atoms with Crippen LogP contribution in [0.4, 0.5) is 4.39 Å². The number of methoxy groups -OCH3 is 2. The number of hydrogen-bond donors (Lipinski definition) is 3. The van der Waals surface area contributed by atoms with Crippen LogP contribution in [0.5, 0.6) is 11.5 Å². The maximum Gasteiger partial charge on any atom is 0.123 e. The van der Waals surface area contributed by atoms with Gasteiger partial charge in [-0.15, -0.1) is 0 Å². The van der Waals surface area contributed by atoms with Gasteiger partial charge < -0.3 is 14.8 Å². The molecule has 2 atom stereocenters. The maximum absolute atomic E-state index is 13.1. The van der Waals surface area contributed by atoms with Gasteiger partial charge in [0.15, 0.2) is 0 Å². The third kappa shape index (κ3) is 4.48. The van der Waals surface area contributed by atoms with E-state index < -0.39 is 0 Å². The first kappa shape index (κ1) is 17.7. The van der Waals surface area contributed by atoms with Crippen molar-refractivity contribution in [3.05, 3.63) is 59.4 Å². The van der Waals surface area contributed by atoms with Gasteiger partial charge in [0.1, 0.15) is 17.3 Å². The average Bonchev–Trinajstić information content (AvgIpc) is 3.10. The molecule has 0 aromatic heterocycles. The molecule has 0 bridgehead atoms. The van der Waals surface area contributed by atoms with E-state index in [4.69, 9.17) is 9.47 Å². The summed E-state index contributed by atoms with van der Waals surface area (Å²) in [5.41, 5.74) is 8.66. The summed E-state index contributed by atoms with van der Waals surface area (Å²) in [6, 6.07) is 12.7. The van der Waals surface area contributed by atoms with Gasteiger partial charge in [0.2, 0.25) is 0 Å². The molecule has 134 valence electrons. The van der Waals surface area contributed by atoms with Crippen molar-refractivity contribution in [1.29, 1.82) is 0 Å². The van der Waals surface area contributed by atoms with Gasteiger partial charge in [0, 0.05) is 31.6 Å². The summed E-state index contributed by atoms with van der Waals surface area (Å²) in [5.74, 6) is 1.73. The molecule has 0 amide bonds. The molecular formula is C19H24FN3O2. The third-order valence-electron chi connectivity index (χ3n) is 4.47. The van der Waals surface area contributed by atoms with Gasteiger partial charge in [0.25, 0.3) is 0 Å². The molecule has 0 aliphatic carbocycles. The van der Waals surface area contributed by atoms with E-state index >= 15 is 0 Å². The first-order chi connectivity index (χ1) is 12.2. The smallest absolute Gasteiger partial charge is 0.123 e. The standard InChI is InChI=1S/C19H24FN3O2/c1-24-17-7-13(8-18(9-17)25-2)10-21-11-15-12-22-23-19(15)14-3-5-16(20)6-4-14/h3-9,15,19,21-23H,10-12H2,1-2H3. The first-order valence-corrected chi connectivity index (χ1v) is 8.36. The van der Waals surface area contributed by atoms with Gasteiger partial charge in [-0.3, -0.25) is 5.43 Å². The highest BCUT2D eigenvalue weighted by Crippen LogP contribution is 2.25. The summed E-state index contributed by atoms with van der Waals surface area (Å²) in [6.45, 7) is 2.41. The number of hydrogen-bond acceptors (Lipinski definition) is 5.